The summed E-state index contributed by atoms with van der Waals surface area (Å²) in [6.07, 6.45) is 0.491. The van der Waals surface area contributed by atoms with Crippen molar-refractivity contribution in [3.63, 3.8) is 0 Å². The number of rotatable bonds is 5. The average molecular weight is 288 g/mol. The summed E-state index contributed by atoms with van der Waals surface area (Å²) in [5.41, 5.74) is 0. The van der Waals surface area contributed by atoms with E-state index in [2.05, 4.69) is 0 Å². The molecule has 1 aliphatic heterocycles. The van der Waals surface area contributed by atoms with Gasteiger partial charge in [-0.3, -0.25) is 0 Å². The van der Waals surface area contributed by atoms with Gasteiger partial charge in [-0.25, -0.2) is 4.39 Å². The molecule has 3 unspecified atom stereocenters. The summed E-state index contributed by atoms with van der Waals surface area (Å²) < 4.78 is 29.6. The van der Waals surface area contributed by atoms with E-state index in [1.807, 2.05) is 38.1 Å². The van der Waals surface area contributed by atoms with Crippen LogP contribution in [0.1, 0.15) is 13.8 Å². The highest BCUT2D eigenvalue weighted by Gasteiger charge is 2.40. The van der Waals surface area contributed by atoms with Crippen LogP contribution in [0, 0.1) is 5.82 Å². The van der Waals surface area contributed by atoms with Crippen LogP contribution in [-0.2, 0) is 4.74 Å². The van der Waals surface area contributed by atoms with Crippen molar-refractivity contribution in [1.29, 1.82) is 0 Å². The van der Waals surface area contributed by atoms with Gasteiger partial charge in [0.25, 0.3) is 0 Å². The molecule has 1 heterocycles. The number of hydrogen-bond donors (Lipinski definition) is 0. The highest BCUT2D eigenvalue weighted by molar-refractivity contribution is 5.35. The summed E-state index contributed by atoms with van der Waals surface area (Å²) in [6.45, 7) is 4.03. The van der Waals surface area contributed by atoms with Crippen LogP contribution in [0.5, 0.6) is 17.2 Å². The first-order chi connectivity index (χ1) is 10.1. The van der Waals surface area contributed by atoms with E-state index in [9.17, 15) is 4.39 Å². The second-order valence-electron chi connectivity index (χ2n) is 5.16. The van der Waals surface area contributed by atoms with Gasteiger partial charge in [0.15, 0.2) is 0 Å². The van der Waals surface area contributed by atoms with Crippen LogP contribution in [0.2, 0.25) is 0 Å². The average Bonchev–Trinajstić information content (AvgIpc) is 3.21. The minimum absolute atomic E-state index is 0.0314. The Bertz CT molecular complexity index is 594. The fourth-order valence-corrected chi connectivity index (χ4v) is 2.20. The van der Waals surface area contributed by atoms with E-state index in [0.29, 0.717) is 11.5 Å². The number of epoxide rings is 1. The molecule has 1 aliphatic rings. The molecule has 0 radical (unpaired) electrons. The molecule has 4 heteroatoms. The first-order valence-corrected chi connectivity index (χ1v) is 6.97. The van der Waals surface area contributed by atoms with Crippen molar-refractivity contribution in [3.8, 4) is 17.2 Å². The minimum Gasteiger partial charge on any atom is -0.488 e. The third-order valence-electron chi connectivity index (χ3n) is 3.42. The summed E-state index contributed by atoms with van der Waals surface area (Å²) in [6, 6.07) is 13.3. The maximum Gasteiger partial charge on any atom is 0.127 e. The van der Waals surface area contributed by atoms with E-state index in [4.69, 9.17) is 14.2 Å². The van der Waals surface area contributed by atoms with E-state index in [-0.39, 0.29) is 24.1 Å². The van der Waals surface area contributed by atoms with E-state index in [1.165, 1.54) is 12.1 Å². The fraction of sp³-hybridized carbons (Fsp3) is 0.294. The van der Waals surface area contributed by atoms with Gasteiger partial charge in [0.05, 0.1) is 6.10 Å². The van der Waals surface area contributed by atoms with Crippen molar-refractivity contribution in [2.75, 3.05) is 0 Å². The predicted molar refractivity (Wildman–Crippen MR) is 77.3 cm³/mol. The second kappa shape index (κ2) is 5.74. The van der Waals surface area contributed by atoms with Gasteiger partial charge < -0.3 is 14.2 Å². The van der Waals surface area contributed by atoms with Crippen LogP contribution < -0.4 is 9.47 Å². The molecule has 0 aliphatic carbocycles. The molecule has 110 valence electrons. The lowest BCUT2D eigenvalue weighted by Crippen LogP contribution is -2.20. The lowest BCUT2D eigenvalue weighted by Gasteiger charge is -2.13. The topological polar surface area (TPSA) is 31.0 Å². The van der Waals surface area contributed by atoms with E-state index in [1.54, 1.807) is 12.1 Å². The summed E-state index contributed by atoms with van der Waals surface area (Å²) in [5, 5.41) is 0. The fourth-order valence-electron chi connectivity index (χ4n) is 2.20. The molecule has 2 aromatic rings. The standard InChI is InChI=1S/C17H17FO3/c1-11(17-12(2)20-17)19-14-7-9-16(10-8-14)21-15-5-3-13(18)4-6-15/h3-12,17H,1-2H3. The van der Waals surface area contributed by atoms with Crippen molar-refractivity contribution >= 4 is 0 Å². The van der Waals surface area contributed by atoms with Gasteiger partial charge >= 0.3 is 0 Å². The molecule has 0 spiro atoms. The van der Waals surface area contributed by atoms with Crippen LogP contribution >= 0.6 is 0 Å². The lowest BCUT2D eigenvalue weighted by molar-refractivity contribution is 0.176. The third-order valence-corrected chi connectivity index (χ3v) is 3.42. The van der Waals surface area contributed by atoms with Gasteiger partial charge in [0.1, 0.15) is 35.3 Å². The second-order valence-corrected chi connectivity index (χ2v) is 5.16. The van der Waals surface area contributed by atoms with Crippen LogP contribution in [0.4, 0.5) is 4.39 Å². The molecule has 0 amide bonds. The number of benzene rings is 2. The minimum atomic E-state index is -0.281. The quantitative estimate of drug-likeness (QED) is 0.774. The zero-order chi connectivity index (χ0) is 14.8. The van der Waals surface area contributed by atoms with Crippen LogP contribution in [-0.4, -0.2) is 18.3 Å². The highest BCUT2D eigenvalue weighted by Crippen LogP contribution is 2.29. The lowest BCUT2D eigenvalue weighted by atomic mass is 10.2. The van der Waals surface area contributed by atoms with E-state index >= 15 is 0 Å². The van der Waals surface area contributed by atoms with Gasteiger partial charge in [-0.2, -0.15) is 0 Å². The normalized spacial score (nSPS) is 21.7. The Morgan fingerprint density at radius 3 is 1.95 bits per heavy atom. The maximum absolute atomic E-state index is 12.8. The monoisotopic (exact) mass is 288 g/mol. The molecule has 2 aromatic carbocycles. The Balaban J connectivity index is 1.59. The molecule has 3 atom stereocenters. The van der Waals surface area contributed by atoms with Crippen LogP contribution in [0.25, 0.3) is 0 Å². The molecule has 3 nitrogen and oxygen atoms in total. The summed E-state index contributed by atoms with van der Waals surface area (Å²) in [5.74, 6) is 1.77. The molecule has 0 aromatic heterocycles. The SMILES string of the molecule is CC(Oc1ccc(Oc2ccc(F)cc2)cc1)C1OC1C. The third kappa shape index (κ3) is 3.52. The molecule has 1 fully saturated rings. The van der Waals surface area contributed by atoms with Crippen molar-refractivity contribution in [2.24, 2.45) is 0 Å². The molecular weight excluding hydrogens is 271 g/mol. The van der Waals surface area contributed by atoms with Crippen LogP contribution in [0.15, 0.2) is 48.5 Å². The Hall–Kier alpha value is -2.07. The smallest absolute Gasteiger partial charge is 0.127 e. The first-order valence-electron chi connectivity index (χ1n) is 6.97. The predicted octanol–water partition coefficient (Wildman–Crippen LogP) is 4.17. The molecule has 1 saturated heterocycles. The van der Waals surface area contributed by atoms with Gasteiger partial charge in [-0.1, -0.05) is 0 Å². The van der Waals surface area contributed by atoms with Gasteiger partial charge in [0, 0.05) is 0 Å². The maximum atomic E-state index is 12.8. The largest absolute Gasteiger partial charge is 0.488 e. The molecule has 0 N–H and O–H groups in total. The molecule has 21 heavy (non-hydrogen) atoms. The number of ether oxygens (including phenoxy) is 3. The van der Waals surface area contributed by atoms with Gasteiger partial charge in [-0.15, -0.1) is 0 Å². The number of hydrogen-bond acceptors (Lipinski definition) is 3. The highest BCUT2D eigenvalue weighted by atomic mass is 19.1. The molecule has 3 rings (SSSR count). The Kier molecular flexibility index (Phi) is 3.80. The van der Waals surface area contributed by atoms with Crippen molar-refractivity contribution in [2.45, 2.75) is 32.2 Å². The van der Waals surface area contributed by atoms with E-state index in [0.717, 1.165) is 5.75 Å². The summed E-state index contributed by atoms with van der Waals surface area (Å²) >= 11 is 0. The van der Waals surface area contributed by atoms with Crippen molar-refractivity contribution in [3.05, 3.63) is 54.3 Å². The Morgan fingerprint density at radius 1 is 0.952 bits per heavy atom. The molecular formula is C17H17FO3. The summed E-state index contributed by atoms with van der Waals surface area (Å²) in [4.78, 5) is 0. The van der Waals surface area contributed by atoms with Gasteiger partial charge in [0.2, 0.25) is 0 Å². The van der Waals surface area contributed by atoms with Crippen LogP contribution in [0.3, 0.4) is 0 Å². The van der Waals surface area contributed by atoms with Crippen molar-refractivity contribution < 1.29 is 18.6 Å². The van der Waals surface area contributed by atoms with Crippen molar-refractivity contribution in [1.82, 2.24) is 0 Å². The van der Waals surface area contributed by atoms with E-state index < -0.39 is 0 Å². The zero-order valence-corrected chi connectivity index (χ0v) is 12.0. The molecule has 0 saturated carbocycles. The zero-order valence-electron chi connectivity index (χ0n) is 12.0. The Morgan fingerprint density at radius 2 is 1.43 bits per heavy atom. The Labute approximate surface area is 123 Å². The van der Waals surface area contributed by atoms with Gasteiger partial charge in [-0.05, 0) is 62.4 Å². The molecule has 0 bridgehead atoms. The summed E-state index contributed by atoms with van der Waals surface area (Å²) in [7, 11) is 0. The first kappa shape index (κ1) is 13.9. The number of halogens is 1.